The topological polar surface area (TPSA) is 53.6 Å². The molecular formula is C24H31N3O2S. The van der Waals surface area contributed by atoms with Crippen LogP contribution in [0.15, 0.2) is 48.5 Å². The minimum absolute atomic E-state index is 0.0626. The monoisotopic (exact) mass is 425 g/mol. The Kier molecular flexibility index (Phi) is 7.69. The number of ether oxygens (including phenoxy) is 1. The molecule has 1 aliphatic rings. The van der Waals surface area contributed by atoms with Crippen LogP contribution in [0.1, 0.15) is 55.6 Å². The van der Waals surface area contributed by atoms with Gasteiger partial charge in [-0.05, 0) is 80.7 Å². The Bertz CT molecular complexity index is 869. The van der Waals surface area contributed by atoms with E-state index in [0.717, 1.165) is 24.7 Å². The van der Waals surface area contributed by atoms with Gasteiger partial charge in [0.05, 0.1) is 18.2 Å². The molecule has 0 unspecified atom stereocenters. The Hall–Kier alpha value is -2.60. The van der Waals surface area contributed by atoms with E-state index in [0.29, 0.717) is 17.3 Å². The first-order valence-corrected chi connectivity index (χ1v) is 11.1. The average Bonchev–Trinajstić information content (AvgIpc) is 2.74. The van der Waals surface area contributed by atoms with Gasteiger partial charge in [0.2, 0.25) is 0 Å². The van der Waals surface area contributed by atoms with Crippen molar-refractivity contribution >= 4 is 34.7 Å². The van der Waals surface area contributed by atoms with Gasteiger partial charge in [0.25, 0.3) is 0 Å². The lowest BCUT2D eigenvalue weighted by molar-refractivity contribution is 0.0526. The average molecular weight is 426 g/mol. The van der Waals surface area contributed by atoms with Crippen molar-refractivity contribution in [1.82, 2.24) is 5.32 Å². The van der Waals surface area contributed by atoms with Gasteiger partial charge >= 0.3 is 5.97 Å². The Morgan fingerprint density at radius 2 is 2.03 bits per heavy atom. The number of hydrogen-bond acceptors (Lipinski definition) is 4. The molecule has 0 bridgehead atoms. The molecule has 2 atom stereocenters. The first-order valence-electron chi connectivity index (χ1n) is 10.7. The zero-order valence-corrected chi connectivity index (χ0v) is 18.8. The van der Waals surface area contributed by atoms with Gasteiger partial charge in [-0.2, -0.15) is 0 Å². The molecule has 5 nitrogen and oxygen atoms in total. The summed E-state index contributed by atoms with van der Waals surface area (Å²) in [6, 6.07) is 15.9. The fraction of sp³-hybridized carbons (Fsp3) is 0.417. The molecule has 0 aromatic heterocycles. The van der Waals surface area contributed by atoms with Crippen LogP contribution >= 0.6 is 12.2 Å². The van der Waals surface area contributed by atoms with Gasteiger partial charge in [-0.15, -0.1) is 0 Å². The highest BCUT2D eigenvalue weighted by atomic mass is 32.1. The second kappa shape index (κ2) is 10.4. The molecule has 0 aliphatic carbocycles. The van der Waals surface area contributed by atoms with Crippen molar-refractivity contribution in [2.45, 2.75) is 39.7 Å². The normalized spacial score (nSPS) is 17.2. The molecule has 1 fully saturated rings. The quantitative estimate of drug-likeness (QED) is 0.493. The molecule has 0 radical (unpaired) electrons. The van der Waals surface area contributed by atoms with Gasteiger partial charge in [0, 0.05) is 24.5 Å². The number of esters is 1. The van der Waals surface area contributed by atoms with Crippen LogP contribution in [0, 0.1) is 5.92 Å². The maximum absolute atomic E-state index is 11.9. The first kappa shape index (κ1) is 22.1. The van der Waals surface area contributed by atoms with Crippen LogP contribution in [0.2, 0.25) is 0 Å². The number of carbonyl (C=O) groups excluding carboxylic acids is 1. The van der Waals surface area contributed by atoms with E-state index < -0.39 is 0 Å². The number of piperidine rings is 1. The molecule has 1 heterocycles. The Morgan fingerprint density at radius 1 is 1.27 bits per heavy atom. The molecule has 2 aromatic carbocycles. The number of nitrogens with one attached hydrogen (secondary N) is 2. The summed E-state index contributed by atoms with van der Waals surface area (Å²) in [5.41, 5.74) is 3.71. The van der Waals surface area contributed by atoms with Crippen LogP contribution < -0.4 is 15.5 Å². The van der Waals surface area contributed by atoms with Crippen molar-refractivity contribution in [2.24, 2.45) is 5.92 Å². The summed E-state index contributed by atoms with van der Waals surface area (Å²) in [5.74, 6) is 0.418. The molecular weight excluding hydrogens is 394 g/mol. The molecule has 30 heavy (non-hydrogen) atoms. The molecule has 0 amide bonds. The van der Waals surface area contributed by atoms with E-state index in [1.165, 1.54) is 24.1 Å². The number of thiocarbonyl (C=S) groups is 1. The highest BCUT2D eigenvalue weighted by Crippen LogP contribution is 2.24. The van der Waals surface area contributed by atoms with E-state index >= 15 is 0 Å². The molecule has 2 aromatic rings. The van der Waals surface area contributed by atoms with Crippen molar-refractivity contribution in [3.05, 3.63) is 59.7 Å². The number of carbonyl (C=O) groups is 1. The van der Waals surface area contributed by atoms with Crippen molar-refractivity contribution in [3.8, 4) is 0 Å². The summed E-state index contributed by atoms with van der Waals surface area (Å²) < 4.78 is 5.05. The highest BCUT2D eigenvalue weighted by Gasteiger charge is 2.17. The SMILES string of the molecule is CCOC(=O)c1cccc(NC(=S)N[C@@H](C)c2ccc(N3CCC[C@H](C)C3)cc2)c1. The van der Waals surface area contributed by atoms with E-state index in [9.17, 15) is 4.79 Å². The maximum Gasteiger partial charge on any atom is 0.338 e. The molecule has 0 saturated carbocycles. The lowest BCUT2D eigenvalue weighted by Gasteiger charge is -2.33. The van der Waals surface area contributed by atoms with Crippen molar-refractivity contribution in [2.75, 3.05) is 29.9 Å². The second-order valence-corrected chi connectivity index (χ2v) is 8.31. The highest BCUT2D eigenvalue weighted by molar-refractivity contribution is 7.80. The summed E-state index contributed by atoms with van der Waals surface area (Å²) in [7, 11) is 0. The lowest BCUT2D eigenvalue weighted by atomic mass is 9.99. The van der Waals surface area contributed by atoms with Gasteiger partial charge in [0.1, 0.15) is 0 Å². The minimum Gasteiger partial charge on any atom is -0.462 e. The van der Waals surface area contributed by atoms with Crippen LogP contribution in [0.5, 0.6) is 0 Å². The number of hydrogen-bond donors (Lipinski definition) is 2. The fourth-order valence-corrected chi connectivity index (χ4v) is 4.08. The largest absolute Gasteiger partial charge is 0.462 e. The van der Waals surface area contributed by atoms with Crippen LogP contribution in [0.3, 0.4) is 0 Å². The van der Waals surface area contributed by atoms with Gasteiger partial charge in [-0.3, -0.25) is 0 Å². The Labute approximate surface area is 184 Å². The molecule has 0 spiro atoms. The summed E-state index contributed by atoms with van der Waals surface area (Å²) in [4.78, 5) is 14.4. The maximum atomic E-state index is 11.9. The van der Waals surface area contributed by atoms with Crippen molar-refractivity contribution in [3.63, 3.8) is 0 Å². The third-order valence-corrected chi connectivity index (χ3v) is 5.61. The molecule has 2 N–H and O–H groups in total. The molecule has 3 rings (SSSR count). The third kappa shape index (κ3) is 5.95. The fourth-order valence-electron chi connectivity index (χ4n) is 3.78. The van der Waals surface area contributed by atoms with Crippen LogP contribution in [-0.2, 0) is 4.74 Å². The van der Waals surface area contributed by atoms with E-state index in [4.69, 9.17) is 17.0 Å². The molecule has 1 saturated heterocycles. The van der Waals surface area contributed by atoms with Crippen molar-refractivity contribution in [1.29, 1.82) is 0 Å². The third-order valence-electron chi connectivity index (χ3n) is 5.39. The summed E-state index contributed by atoms with van der Waals surface area (Å²) in [6.07, 6.45) is 2.58. The van der Waals surface area contributed by atoms with E-state index in [2.05, 4.69) is 53.6 Å². The Morgan fingerprint density at radius 3 is 2.73 bits per heavy atom. The first-order chi connectivity index (χ1) is 14.5. The van der Waals surface area contributed by atoms with E-state index in [1.807, 2.05) is 6.07 Å². The molecule has 1 aliphatic heterocycles. The number of anilines is 2. The molecule has 6 heteroatoms. The summed E-state index contributed by atoms with van der Waals surface area (Å²) in [6.45, 7) is 8.82. The van der Waals surface area contributed by atoms with Gasteiger partial charge in [-0.1, -0.05) is 25.1 Å². The Balaban J connectivity index is 1.56. The predicted molar refractivity (Wildman–Crippen MR) is 127 cm³/mol. The summed E-state index contributed by atoms with van der Waals surface area (Å²) >= 11 is 5.47. The van der Waals surface area contributed by atoms with E-state index in [-0.39, 0.29) is 12.0 Å². The van der Waals surface area contributed by atoms with Crippen LogP contribution in [0.4, 0.5) is 11.4 Å². The van der Waals surface area contributed by atoms with Gasteiger partial charge in [-0.25, -0.2) is 4.79 Å². The van der Waals surface area contributed by atoms with Gasteiger partial charge < -0.3 is 20.3 Å². The number of rotatable bonds is 6. The zero-order chi connectivity index (χ0) is 21.5. The minimum atomic E-state index is -0.336. The zero-order valence-electron chi connectivity index (χ0n) is 18.0. The van der Waals surface area contributed by atoms with Crippen LogP contribution in [0.25, 0.3) is 0 Å². The number of nitrogens with zero attached hydrogens (tertiary/aromatic N) is 1. The number of benzene rings is 2. The summed E-state index contributed by atoms with van der Waals surface area (Å²) in [5, 5.41) is 6.98. The van der Waals surface area contributed by atoms with Gasteiger partial charge in [0.15, 0.2) is 5.11 Å². The smallest absolute Gasteiger partial charge is 0.338 e. The molecule has 160 valence electrons. The van der Waals surface area contributed by atoms with Crippen molar-refractivity contribution < 1.29 is 9.53 Å². The second-order valence-electron chi connectivity index (χ2n) is 7.91. The van der Waals surface area contributed by atoms with E-state index in [1.54, 1.807) is 25.1 Å². The predicted octanol–water partition coefficient (Wildman–Crippen LogP) is 5.15. The lowest BCUT2D eigenvalue weighted by Crippen LogP contribution is -2.34. The standard InChI is InChI=1S/C24H31N3O2S/c1-4-29-23(28)20-8-5-9-21(15-20)26-24(30)25-18(3)19-10-12-22(13-11-19)27-14-6-7-17(2)16-27/h5,8-13,15,17-18H,4,6-7,14,16H2,1-3H3,(H2,25,26,30)/t17-,18-/m0/s1. The van der Waals surface area contributed by atoms with Crippen LogP contribution in [-0.4, -0.2) is 30.8 Å².